The fourth-order valence-electron chi connectivity index (χ4n) is 1.74. The molecule has 0 spiro atoms. The summed E-state index contributed by atoms with van der Waals surface area (Å²) in [4.78, 5) is 0. The number of hydrogen-bond acceptors (Lipinski definition) is 3. The van der Waals surface area contributed by atoms with Crippen molar-refractivity contribution in [1.29, 1.82) is 0 Å². The SMILES string of the molecule is C[C@H]1N(O)C(C)(C)NC1(C)C. The second-order valence-corrected chi connectivity index (χ2v) is 4.43. The van der Waals surface area contributed by atoms with Crippen LogP contribution in [0.25, 0.3) is 0 Å². The van der Waals surface area contributed by atoms with E-state index >= 15 is 0 Å². The van der Waals surface area contributed by atoms with Crippen LogP contribution in [0.1, 0.15) is 34.6 Å². The minimum Gasteiger partial charge on any atom is -0.312 e. The van der Waals surface area contributed by atoms with Crippen molar-refractivity contribution in [2.45, 2.75) is 51.9 Å². The van der Waals surface area contributed by atoms with Crippen LogP contribution >= 0.6 is 0 Å². The molecule has 66 valence electrons. The molecular weight excluding hydrogens is 140 g/mol. The maximum absolute atomic E-state index is 9.63. The second kappa shape index (κ2) is 2.19. The summed E-state index contributed by atoms with van der Waals surface area (Å²) in [6, 6.07) is 0.150. The van der Waals surface area contributed by atoms with Gasteiger partial charge in [-0.3, -0.25) is 5.32 Å². The van der Waals surface area contributed by atoms with Crippen LogP contribution in [0.2, 0.25) is 0 Å². The van der Waals surface area contributed by atoms with E-state index in [-0.39, 0.29) is 17.2 Å². The molecule has 0 aromatic rings. The first kappa shape index (κ1) is 8.97. The van der Waals surface area contributed by atoms with Gasteiger partial charge in [0.05, 0.1) is 11.7 Å². The third-order valence-electron chi connectivity index (χ3n) is 2.61. The molecule has 1 aliphatic rings. The molecule has 2 N–H and O–H groups in total. The van der Waals surface area contributed by atoms with Gasteiger partial charge in [-0.1, -0.05) is 0 Å². The third kappa shape index (κ3) is 1.28. The molecule has 0 aromatic carbocycles. The summed E-state index contributed by atoms with van der Waals surface area (Å²) < 4.78 is 0. The average molecular weight is 158 g/mol. The molecule has 0 aromatic heterocycles. The smallest absolute Gasteiger partial charge is 0.0901 e. The molecule has 3 heteroatoms. The molecule has 11 heavy (non-hydrogen) atoms. The Hall–Kier alpha value is -0.120. The molecule has 1 fully saturated rings. The van der Waals surface area contributed by atoms with Gasteiger partial charge in [0.25, 0.3) is 0 Å². The molecule has 0 aliphatic carbocycles. The molecule has 1 atom stereocenters. The van der Waals surface area contributed by atoms with E-state index in [0.29, 0.717) is 0 Å². The monoisotopic (exact) mass is 158 g/mol. The highest BCUT2D eigenvalue weighted by molar-refractivity contribution is 5.01. The number of nitrogens with zero attached hydrogens (tertiary/aromatic N) is 1. The van der Waals surface area contributed by atoms with Crippen LogP contribution in [0.3, 0.4) is 0 Å². The van der Waals surface area contributed by atoms with Crippen molar-refractivity contribution in [2.24, 2.45) is 0 Å². The fraction of sp³-hybridized carbons (Fsp3) is 1.00. The van der Waals surface area contributed by atoms with Gasteiger partial charge in [-0.15, -0.1) is 0 Å². The van der Waals surface area contributed by atoms with Crippen LogP contribution in [0, 0.1) is 0 Å². The topological polar surface area (TPSA) is 35.5 Å². The molecule has 0 saturated carbocycles. The van der Waals surface area contributed by atoms with E-state index in [1.165, 1.54) is 5.06 Å². The van der Waals surface area contributed by atoms with Gasteiger partial charge in [0.1, 0.15) is 0 Å². The number of hydrogen-bond donors (Lipinski definition) is 2. The first-order valence-electron chi connectivity index (χ1n) is 4.05. The summed E-state index contributed by atoms with van der Waals surface area (Å²) in [5.41, 5.74) is -0.318. The Balaban J connectivity index is 2.86. The van der Waals surface area contributed by atoms with Gasteiger partial charge in [0.2, 0.25) is 0 Å². The highest BCUT2D eigenvalue weighted by Gasteiger charge is 2.47. The zero-order valence-corrected chi connectivity index (χ0v) is 7.97. The van der Waals surface area contributed by atoms with Gasteiger partial charge < -0.3 is 5.21 Å². The summed E-state index contributed by atoms with van der Waals surface area (Å²) in [6.45, 7) is 10.1. The van der Waals surface area contributed by atoms with E-state index in [1.807, 2.05) is 20.8 Å². The molecule has 3 nitrogen and oxygen atoms in total. The lowest BCUT2D eigenvalue weighted by Gasteiger charge is -2.26. The van der Waals surface area contributed by atoms with Crippen molar-refractivity contribution < 1.29 is 5.21 Å². The van der Waals surface area contributed by atoms with Crippen LogP contribution in [0.15, 0.2) is 0 Å². The van der Waals surface area contributed by atoms with Crippen LogP contribution in [-0.4, -0.2) is 27.5 Å². The summed E-state index contributed by atoms with van der Waals surface area (Å²) in [6.07, 6.45) is 0. The molecule has 1 heterocycles. The zero-order chi connectivity index (χ0) is 8.86. The number of hydroxylamine groups is 2. The zero-order valence-electron chi connectivity index (χ0n) is 7.97. The Kier molecular flexibility index (Phi) is 1.78. The number of rotatable bonds is 0. The van der Waals surface area contributed by atoms with Gasteiger partial charge in [0.15, 0.2) is 0 Å². The highest BCUT2D eigenvalue weighted by Crippen LogP contribution is 2.29. The number of nitrogens with one attached hydrogen (secondary N) is 1. The lowest BCUT2D eigenvalue weighted by Crippen LogP contribution is -2.47. The van der Waals surface area contributed by atoms with Crippen LogP contribution < -0.4 is 5.32 Å². The largest absolute Gasteiger partial charge is 0.312 e. The molecule has 1 saturated heterocycles. The van der Waals surface area contributed by atoms with Crippen molar-refractivity contribution >= 4 is 0 Å². The van der Waals surface area contributed by atoms with Crippen molar-refractivity contribution in [2.75, 3.05) is 0 Å². The Morgan fingerprint density at radius 1 is 1.27 bits per heavy atom. The molecule has 0 bridgehead atoms. The summed E-state index contributed by atoms with van der Waals surface area (Å²) in [5, 5.41) is 14.4. The Labute approximate surface area is 68.3 Å². The Bertz CT molecular complexity index is 147. The molecule has 0 amide bonds. The maximum atomic E-state index is 9.63. The van der Waals surface area contributed by atoms with E-state index in [4.69, 9.17) is 0 Å². The van der Waals surface area contributed by atoms with E-state index in [1.54, 1.807) is 0 Å². The van der Waals surface area contributed by atoms with Gasteiger partial charge in [-0.2, -0.15) is 5.06 Å². The van der Waals surface area contributed by atoms with E-state index < -0.39 is 0 Å². The average Bonchev–Trinajstić information content (AvgIpc) is 1.91. The van der Waals surface area contributed by atoms with Gasteiger partial charge in [0, 0.05) is 5.54 Å². The summed E-state index contributed by atoms with van der Waals surface area (Å²) in [5.74, 6) is 0. The predicted octanol–water partition coefficient (Wildman–Crippen LogP) is 1.18. The predicted molar refractivity (Wildman–Crippen MR) is 44.4 cm³/mol. The molecule has 0 radical (unpaired) electrons. The van der Waals surface area contributed by atoms with E-state index in [0.717, 1.165) is 0 Å². The molecule has 0 unspecified atom stereocenters. The lowest BCUT2D eigenvalue weighted by molar-refractivity contribution is -0.166. The van der Waals surface area contributed by atoms with Crippen LogP contribution in [-0.2, 0) is 0 Å². The molecule has 1 aliphatic heterocycles. The van der Waals surface area contributed by atoms with Crippen molar-refractivity contribution in [3.05, 3.63) is 0 Å². The van der Waals surface area contributed by atoms with Crippen LogP contribution in [0.5, 0.6) is 0 Å². The lowest BCUT2D eigenvalue weighted by atomic mass is 9.99. The maximum Gasteiger partial charge on any atom is 0.0901 e. The van der Waals surface area contributed by atoms with Crippen LogP contribution in [0.4, 0.5) is 0 Å². The van der Waals surface area contributed by atoms with E-state index in [9.17, 15) is 5.21 Å². The van der Waals surface area contributed by atoms with Crippen molar-refractivity contribution in [1.82, 2.24) is 10.4 Å². The Morgan fingerprint density at radius 2 is 1.73 bits per heavy atom. The quantitative estimate of drug-likeness (QED) is 0.556. The summed E-state index contributed by atoms with van der Waals surface area (Å²) >= 11 is 0. The standard InChI is InChI=1S/C8H18N2O/c1-6-7(2,3)9-8(4,5)10(6)11/h6,9,11H,1-5H3/t6-/m1/s1. The molecule has 1 rings (SSSR count). The third-order valence-corrected chi connectivity index (χ3v) is 2.61. The van der Waals surface area contributed by atoms with Crippen molar-refractivity contribution in [3.8, 4) is 0 Å². The highest BCUT2D eigenvalue weighted by atomic mass is 16.5. The second-order valence-electron chi connectivity index (χ2n) is 4.43. The fourth-order valence-corrected chi connectivity index (χ4v) is 1.74. The first-order chi connectivity index (χ1) is 4.77. The van der Waals surface area contributed by atoms with Gasteiger partial charge >= 0.3 is 0 Å². The minimum atomic E-state index is -0.303. The van der Waals surface area contributed by atoms with E-state index in [2.05, 4.69) is 19.2 Å². The van der Waals surface area contributed by atoms with Crippen molar-refractivity contribution in [3.63, 3.8) is 0 Å². The Morgan fingerprint density at radius 3 is 1.82 bits per heavy atom. The molecular formula is C8H18N2O. The normalized spacial score (nSPS) is 36.0. The van der Waals surface area contributed by atoms with Gasteiger partial charge in [-0.05, 0) is 34.6 Å². The van der Waals surface area contributed by atoms with Gasteiger partial charge in [-0.25, -0.2) is 0 Å². The summed E-state index contributed by atoms with van der Waals surface area (Å²) in [7, 11) is 0. The first-order valence-corrected chi connectivity index (χ1v) is 4.05. The minimum absolute atomic E-state index is 0.0156.